The van der Waals surface area contributed by atoms with Crippen molar-refractivity contribution in [1.29, 1.82) is 0 Å². The van der Waals surface area contributed by atoms with Gasteiger partial charge in [-0.2, -0.15) is 5.10 Å². The summed E-state index contributed by atoms with van der Waals surface area (Å²) in [6.45, 7) is 0.0394. The van der Waals surface area contributed by atoms with Crippen molar-refractivity contribution in [2.45, 2.75) is 6.54 Å². The molecule has 3 amide bonds. The highest BCUT2D eigenvalue weighted by atomic mass is 16.5. The Morgan fingerprint density at radius 2 is 1.65 bits per heavy atom. The number of methoxy groups -OCH3 is 1. The van der Waals surface area contributed by atoms with Gasteiger partial charge in [0.2, 0.25) is 0 Å². The van der Waals surface area contributed by atoms with E-state index in [9.17, 15) is 14.4 Å². The van der Waals surface area contributed by atoms with Crippen molar-refractivity contribution in [2.24, 2.45) is 5.10 Å². The van der Waals surface area contributed by atoms with Gasteiger partial charge in [-0.1, -0.05) is 48.5 Å². The van der Waals surface area contributed by atoms with E-state index in [2.05, 4.69) is 21.2 Å². The molecule has 0 saturated heterocycles. The van der Waals surface area contributed by atoms with E-state index in [4.69, 9.17) is 9.47 Å². The van der Waals surface area contributed by atoms with Gasteiger partial charge >= 0.3 is 11.8 Å². The lowest BCUT2D eigenvalue weighted by Crippen LogP contribution is -2.37. The number of amides is 3. The van der Waals surface area contributed by atoms with E-state index in [-0.39, 0.29) is 19.1 Å². The number of carbonyl (C=O) groups excluding carboxylic acids is 3. The molecule has 0 aliphatic carbocycles. The molecule has 0 fully saturated rings. The molecule has 0 bridgehead atoms. The number of carbonyl (C=O) groups is 3. The normalized spacial score (nSPS) is 10.4. The Kier molecular flexibility index (Phi) is 8.75. The summed E-state index contributed by atoms with van der Waals surface area (Å²) in [5.74, 6) is -0.932. The predicted octanol–water partition coefficient (Wildman–Crippen LogP) is 2.48. The van der Waals surface area contributed by atoms with Crippen LogP contribution in [-0.2, 0) is 20.9 Å². The molecule has 9 nitrogen and oxygen atoms in total. The number of anilines is 1. The molecular formula is C25H24N4O5. The summed E-state index contributed by atoms with van der Waals surface area (Å²) in [6, 6.07) is 23.0. The molecule has 3 aromatic carbocycles. The average Bonchev–Trinajstić information content (AvgIpc) is 2.87. The minimum atomic E-state index is -0.881. The maximum Gasteiger partial charge on any atom is 0.329 e. The Labute approximate surface area is 196 Å². The van der Waals surface area contributed by atoms with Gasteiger partial charge in [0, 0.05) is 18.3 Å². The summed E-state index contributed by atoms with van der Waals surface area (Å²) in [5.41, 5.74) is 4.25. The molecule has 0 atom stereocenters. The largest absolute Gasteiger partial charge is 0.497 e. The standard InChI is InChI=1S/C25H24N4O5/c1-33-21-11-6-10-20(14-21)28-23(30)17-34-22-12-5-9-19(13-22)16-27-29-25(32)24(31)26-15-18-7-3-2-4-8-18/h2-14,16H,15,17H2,1H3,(H,26,31)(H,28,30)(H,29,32)/b27-16-. The summed E-state index contributed by atoms with van der Waals surface area (Å²) >= 11 is 0. The van der Waals surface area contributed by atoms with Crippen LogP contribution in [0.4, 0.5) is 5.69 Å². The van der Waals surface area contributed by atoms with Gasteiger partial charge in [0.25, 0.3) is 5.91 Å². The Hall–Kier alpha value is -4.66. The summed E-state index contributed by atoms with van der Waals surface area (Å²) in [7, 11) is 1.55. The minimum Gasteiger partial charge on any atom is -0.497 e. The molecule has 3 rings (SSSR count). The van der Waals surface area contributed by atoms with Gasteiger partial charge in [-0.25, -0.2) is 5.43 Å². The van der Waals surface area contributed by atoms with Crippen molar-refractivity contribution < 1.29 is 23.9 Å². The number of benzene rings is 3. The molecule has 0 heterocycles. The molecule has 9 heteroatoms. The second-order valence-electron chi connectivity index (χ2n) is 7.01. The van der Waals surface area contributed by atoms with Crippen LogP contribution in [0.25, 0.3) is 0 Å². The van der Waals surface area contributed by atoms with Gasteiger partial charge in [-0.3, -0.25) is 14.4 Å². The van der Waals surface area contributed by atoms with E-state index >= 15 is 0 Å². The van der Waals surface area contributed by atoms with Crippen molar-refractivity contribution in [1.82, 2.24) is 10.7 Å². The van der Waals surface area contributed by atoms with Gasteiger partial charge in [-0.05, 0) is 35.4 Å². The van der Waals surface area contributed by atoms with E-state index in [1.54, 1.807) is 55.6 Å². The summed E-state index contributed by atoms with van der Waals surface area (Å²) in [4.78, 5) is 35.9. The smallest absolute Gasteiger partial charge is 0.329 e. The van der Waals surface area contributed by atoms with E-state index in [1.165, 1.54) is 6.21 Å². The highest BCUT2D eigenvalue weighted by Gasteiger charge is 2.11. The third-order valence-corrected chi connectivity index (χ3v) is 4.46. The van der Waals surface area contributed by atoms with Gasteiger partial charge in [0.1, 0.15) is 11.5 Å². The third-order valence-electron chi connectivity index (χ3n) is 4.46. The zero-order valence-electron chi connectivity index (χ0n) is 18.5. The van der Waals surface area contributed by atoms with E-state index in [0.717, 1.165) is 5.56 Å². The molecule has 0 radical (unpaired) electrons. The van der Waals surface area contributed by atoms with Crippen molar-refractivity contribution >= 4 is 29.6 Å². The van der Waals surface area contributed by atoms with Crippen molar-refractivity contribution in [2.75, 3.05) is 19.0 Å². The molecule has 0 aliphatic rings. The van der Waals surface area contributed by atoms with Gasteiger partial charge in [0.05, 0.1) is 13.3 Å². The molecule has 0 saturated carbocycles. The Morgan fingerprint density at radius 1 is 0.882 bits per heavy atom. The number of hydrogen-bond donors (Lipinski definition) is 3. The van der Waals surface area contributed by atoms with Gasteiger partial charge < -0.3 is 20.1 Å². The number of hydrogen-bond acceptors (Lipinski definition) is 6. The van der Waals surface area contributed by atoms with Crippen LogP contribution in [0.3, 0.4) is 0 Å². The molecule has 34 heavy (non-hydrogen) atoms. The number of hydrazone groups is 1. The maximum atomic E-state index is 12.1. The fraction of sp³-hybridized carbons (Fsp3) is 0.120. The number of nitrogens with zero attached hydrogens (tertiary/aromatic N) is 1. The topological polar surface area (TPSA) is 118 Å². The monoisotopic (exact) mass is 460 g/mol. The first-order valence-electron chi connectivity index (χ1n) is 10.4. The fourth-order valence-electron chi connectivity index (χ4n) is 2.81. The molecule has 0 aromatic heterocycles. The van der Waals surface area contributed by atoms with Crippen molar-refractivity contribution in [3.63, 3.8) is 0 Å². The maximum absolute atomic E-state index is 12.1. The number of rotatable bonds is 9. The molecule has 0 unspecified atom stereocenters. The lowest BCUT2D eigenvalue weighted by atomic mass is 10.2. The molecule has 3 N–H and O–H groups in total. The van der Waals surface area contributed by atoms with Crippen molar-refractivity contribution in [3.8, 4) is 11.5 Å². The second-order valence-corrected chi connectivity index (χ2v) is 7.01. The SMILES string of the molecule is COc1cccc(NC(=O)COc2cccc(/C=N\NC(=O)C(=O)NCc3ccccc3)c2)c1. The first kappa shape index (κ1) is 24.0. The Bertz CT molecular complexity index is 1160. The summed E-state index contributed by atoms with van der Waals surface area (Å²) < 4.78 is 10.6. The Balaban J connectivity index is 1.44. The van der Waals surface area contributed by atoms with Crippen molar-refractivity contribution in [3.05, 3.63) is 90.0 Å². The zero-order chi connectivity index (χ0) is 24.2. The van der Waals surface area contributed by atoms with Gasteiger partial charge in [-0.15, -0.1) is 0 Å². The van der Waals surface area contributed by atoms with Crippen LogP contribution in [0.2, 0.25) is 0 Å². The Morgan fingerprint density at radius 3 is 2.44 bits per heavy atom. The van der Waals surface area contributed by atoms with Crippen LogP contribution in [-0.4, -0.2) is 37.7 Å². The van der Waals surface area contributed by atoms with Crippen LogP contribution >= 0.6 is 0 Å². The molecule has 0 spiro atoms. The molecule has 3 aromatic rings. The molecule has 174 valence electrons. The van der Waals surface area contributed by atoms with Crippen LogP contribution in [0, 0.1) is 0 Å². The predicted molar refractivity (Wildman–Crippen MR) is 128 cm³/mol. The minimum absolute atomic E-state index is 0.198. The van der Waals surface area contributed by atoms with Crippen LogP contribution in [0.1, 0.15) is 11.1 Å². The quantitative estimate of drug-likeness (QED) is 0.258. The van der Waals surface area contributed by atoms with Crippen LogP contribution in [0.15, 0.2) is 84.0 Å². The molecular weight excluding hydrogens is 436 g/mol. The van der Waals surface area contributed by atoms with Gasteiger partial charge in [0.15, 0.2) is 6.61 Å². The number of ether oxygens (including phenoxy) is 2. The van der Waals surface area contributed by atoms with Crippen LogP contribution < -0.4 is 25.5 Å². The third kappa shape index (κ3) is 7.79. The second kappa shape index (κ2) is 12.4. The van der Waals surface area contributed by atoms with E-state index in [0.29, 0.717) is 22.7 Å². The first-order valence-corrected chi connectivity index (χ1v) is 10.4. The van der Waals surface area contributed by atoms with Crippen LogP contribution in [0.5, 0.6) is 11.5 Å². The first-order chi connectivity index (χ1) is 16.5. The lowest BCUT2D eigenvalue weighted by molar-refractivity contribution is -0.139. The number of nitrogens with one attached hydrogen (secondary N) is 3. The molecule has 0 aliphatic heterocycles. The fourth-order valence-corrected chi connectivity index (χ4v) is 2.81. The summed E-state index contributed by atoms with van der Waals surface area (Å²) in [6.07, 6.45) is 1.37. The highest BCUT2D eigenvalue weighted by molar-refractivity contribution is 6.35. The van der Waals surface area contributed by atoms with E-state index < -0.39 is 11.8 Å². The zero-order valence-corrected chi connectivity index (χ0v) is 18.5. The highest BCUT2D eigenvalue weighted by Crippen LogP contribution is 2.17. The lowest BCUT2D eigenvalue weighted by Gasteiger charge is -2.09. The summed E-state index contributed by atoms with van der Waals surface area (Å²) in [5, 5.41) is 9.04. The average molecular weight is 460 g/mol. The van der Waals surface area contributed by atoms with E-state index in [1.807, 2.05) is 30.3 Å².